The highest BCUT2D eigenvalue weighted by Crippen LogP contribution is 2.35. The van der Waals surface area contributed by atoms with Gasteiger partial charge in [0, 0.05) is 40.2 Å². The lowest BCUT2D eigenvalue weighted by Crippen LogP contribution is -2.60. The van der Waals surface area contributed by atoms with Gasteiger partial charge in [-0.3, -0.25) is 14.4 Å². The molecule has 48 heavy (non-hydrogen) atoms. The number of benzene rings is 2. The summed E-state index contributed by atoms with van der Waals surface area (Å²) in [6.45, 7) is 14.2. The Balaban J connectivity index is 0.00000348. The molecule has 2 unspecified atom stereocenters. The third-order valence-electron chi connectivity index (χ3n) is 6.14. The van der Waals surface area contributed by atoms with Crippen LogP contribution in [0.15, 0.2) is 53.7 Å². The van der Waals surface area contributed by atoms with E-state index in [4.69, 9.17) is 33.5 Å². The van der Waals surface area contributed by atoms with Crippen LogP contribution >= 0.6 is 0 Å². The molecule has 0 bridgehead atoms. The third-order valence-corrected chi connectivity index (χ3v) is 6.14. The van der Waals surface area contributed by atoms with E-state index in [1.54, 1.807) is 24.3 Å². The van der Waals surface area contributed by atoms with Crippen LogP contribution in [0.5, 0.6) is 11.5 Å². The Morgan fingerprint density at radius 2 is 1.31 bits per heavy atom. The molecule has 0 aromatic heterocycles. The van der Waals surface area contributed by atoms with Crippen molar-refractivity contribution in [3.05, 3.63) is 59.0 Å². The van der Waals surface area contributed by atoms with Crippen LogP contribution in [0.4, 0.5) is 5.69 Å². The second-order valence-corrected chi connectivity index (χ2v) is 9.89. The van der Waals surface area contributed by atoms with Crippen LogP contribution in [0.3, 0.4) is 0 Å². The number of carbonyl (C=O) groups excluding carboxylic acids is 4. The molecule has 6 atom stereocenters. The molecule has 2 aromatic rings. The number of esters is 2. The fraction of sp³-hybridized carbons (Fsp3) is 0.529. The second-order valence-electron chi connectivity index (χ2n) is 9.89. The van der Waals surface area contributed by atoms with E-state index in [2.05, 4.69) is 5.18 Å². The van der Waals surface area contributed by atoms with Gasteiger partial charge in [0.15, 0.2) is 11.9 Å². The minimum Gasteiger partial charge on any atom is -0.461 e. The lowest BCUT2D eigenvalue weighted by Gasteiger charge is -2.44. The van der Waals surface area contributed by atoms with Crippen LogP contribution < -0.4 is 9.47 Å². The molecule has 0 amide bonds. The van der Waals surface area contributed by atoms with Gasteiger partial charge in [0.1, 0.15) is 29.1 Å². The van der Waals surface area contributed by atoms with Crippen LogP contribution in [0.25, 0.3) is 0 Å². The molecule has 0 saturated carbocycles. The number of aliphatic hydroxyl groups excluding tert-OH is 1. The Kier molecular flexibility index (Phi) is 20.4. The van der Waals surface area contributed by atoms with E-state index in [0.717, 1.165) is 21.0 Å². The van der Waals surface area contributed by atoms with Gasteiger partial charge in [-0.2, -0.15) is 0 Å². The maximum Gasteiger partial charge on any atom is 0.321 e. The highest BCUT2D eigenvalue weighted by atomic mass is 16.8. The van der Waals surface area contributed by atoms with Crippen LogP contribution in [0.1, 0.15) is 74.3 Å². The molecular formula is C34H49NO13. The average molecular weight is 680 g/mol. The summed E-state index contributed by atoms with van der Waals surface area (Å²) in [7, 11) is 1.00. The molecular weight excluding hydrogens is 630 g/mol. The summed E-state index contributed by atoms with van der Waals surface area (Å²) in [6.07, 6.45) is -5.15. The molecule has 3 rings (SSSR count). The van der Waals surface area contributed by atoms with Gasteiger partial charge in [-0.25, -0.2) is 0 Å². The summed E-state index contributed by atoms with van der Waals surface area (Å²) in [4.78, 5) is 58.9. The van der Waals surface area contributed by atoms with Crippen molar-refractivity contribution < 1.29 is 57.8 Å². The van der Waals surface area contributed by atoms with Crippen molar-refractivity contribution in [1.82, 2.24) is 0 Å². The fourth-order valence-electron chi connectivity index (χ4n) is 4.44. The number of Topliss-reactive ketones (excluding diaryl/α,β-unsaturated/α-hetero) is 2. The SMILES string of the molecule is CC.CC.CC(=O)C[C@H]1C(OC(C)=O)[C@@H](OC(C)=O)[C@H](Oc2ccc(COC(C)(O)Oc3ccc(N=O)cc3)cc2)O[C@@H]1C(C)=O.CO. The highest BCUT2D eigenvalue weighted by molar-refractivity contribution is 5.83. The highest BCUT2D eigenvalue weighted by Gasteiger charge is 2.52. The van der Waals surface area contributed by atoms with E-state index in [-0.39, 0.29) is 36.0 Å². The van der Waals surface area contributed by atoms with E-state index in [0.29, 0.717) is 5.56 Å². The van der Waals surface area contributed by atoms with E-state index in [1.807, 2.05) is 27.7 Å². The maximum absolute atomic E-state index is 12.5. The van der Waals surface area contributed by atoms with Gasteiger partial charge in [-0.05, 0) is 61.0 Å². The van der Waals surface area contributed by atoms with Crippen molar-refractivity contribution >= 4 is 29.2 Å². The summed E-state index contributed by atoms with van der Waals surface area (Å²) in [5, 5.41) is 20.3. The van der Waals surface area contributed by atoms with Crippen molar-refractivity contribution in [3.8, 4) is 11.5 Å². The first-order valence-corrected chi connectivity index (χ1v) is 15.5. The maximum atomic E-state index is 12.5. The van der Waals surface area contributed by atoms with Crippen molar-refractivity contribution in [3.63, 3.8) is 0 Å². The zero-order chi connectivity index (χ0) is 37.0. The van der Waals surface area contributed by atoms with Crippen LogP contribution in [-0.4, -0.2) is 71.4 Å². The summed E-state index contributed by atoms with van der Waals surface area (Å²) < 4.78 is 33.6. The van der Waals surface area contributed by atoms with Gasteiger partial charge < -0.3 is 43.4 Å². The first-order valence-electron chi connectivity index (χ1n) is 15.5. The van der Waals surface area contributed by atoms with E-state index in [9.17, 15) is 29.2 Å². The number of hydrogen-bond donors (Lipinski definition) is 2. The summed E-state index contributed by atoms with van der Waals surface area (Å²) in [5.74, 6) is -4.50. The van der Waals surface area contributed by atoms with Gasteiger partial charge in [0.05, 0.1) is 6.61 Å². The monoisotopic (exact) mass is 679 g/mol. The third kappa shape index (κ3) is 14.7. The van der Waals surface area contributed by atoms with Gasteiger partial charge in [0.2, 0.25) is 12.4 Å². The van der Waals surface area contributed by atoms with E-state index >= 15 is 0 Å². The molecule has 14 heteroatoms. The lowest BCUT2D eigenvalue weighted by molar-refractivity contribution is -0.312. The zero-order valence-corrected chi connectivity index (χ0v) is 29.3. The molecule has 14 nitrogen and oxygen atoms in total. The molecule has 0 radical (unpaired) electrons. The Hall–Kier alpha value is -4.24. The largest absolute Gasteiger partial charge is 0.461 e. The standard InChI is InChI=1S/C29H33NO12.2C2H6.CH4O/c1-16(31)14-24-25(17(2)32)41-28(27(39-19(4)34)26(24)38-18(3)33)40-22-10-6-20(7-11-22)15-37-29(5,35)42-23-12-8-21(30-36)9-13-23;3*1-2/h6-13,24-28,35H,14-15H2,1-5H3;2*1-2H3;2H,1H3/t24-,25-,26?,27-,28-,29?;;;/m1.../s1. The van der Waals surface area contributed by atoms with Crippen LogP contribution in [-0.2, 0) is 44.7 Å². The second kappa shape index (κ2) is 22.4. The molecule has 1 aliphatic rings. The first-order chi connectivity index (χ1) is 22.8. The molecule has 1 saturated heterocycles. The first kappa shape index (κ1) is 43.8. The number of carbonyl (C=O) groups is 4. The Morgan fingerprint density at radius 1 is 0.812 bits per heavy atom. The Bertz CT molecular complexity index is 1280. The topological polar surface area (TPSA) is 194 Å². The van der Waals surface area contributed by atoms with Crippen molar-refractivity contribution in [2.45, 2.75) is 106 Å². The molecule has 2 N–H and O–H groups in total. The molecule has 1 aliphatic heterocycles. The van der Waals surface area contributed by atoms with E-state index in [1.165, 1.54) is 45.0 Å². The van der Waals surface area contributed by atoms with Crippen molar-refractivity contribution in [1.29, 1.82) is 0 Å². The normalized spacial score (nSPS) is 20.6. The molecule has 0 aliphatic carbocycles. The number of nitrogens with zero attached hydrogens (tertiary/aromatic N) is 1. The smallest absolute Gasteiger partial charge is 0.321 e. The minimum absolute atomic E-state index is 0.0646. The van der Waals surface area contributed by atoms with Gasteiger partial charge in [-0.1, -0.05) is 39.8 Å². The quantitative estimate of drug-likeness (QED) is 0.160. The Labute approximate surface area is 281 Å². The molecule has 1 fully saturated rings. The van der Waals surface area contributed by atoms with Crippen LogP contribution in [0.2, 0.25) is 0 Å². The number of rotatable bonds is 13. The summed E-state index contributed by atoms with van der Waals surface area (Å²) in [5.41, 5.74) is 0.825. The zero-order valence-electron chi connectivity index (χ0n) is 29.3. The number of ketones is 2. The number of hydrogen-bond acceptors (Lipinski definition) is 14. The van der Waals surface area contributed by atoms with Gasteiger partial charge in [-0.15, -0.1) is 4.91 Å². The van der Waals surface area contributed by atoms with E-state index < -0.39 is 54.2 Å². The number of aliphatic hydroxyl groups is 2. The average Bonchev–Trinajstić information content (AvgIpc) is 3.05. The lowest BCUT2D eigenvalue weighted by atomic mass is 9.83. The number of nitroso groups, excluding NO2 is 1. The number of ether oxygens (including phenoxy) is 6. The Morgan fingerprint density at radius 3 is 1.77 bits per heavy atom. The minimum atomic E-state index is -2.00. The molecule has 0 spiro atoms. The predicted molar refractivity (Wildman–Crippen MR) is 175 cm³/mol. The van der Waals surface area contributed by atoms with Gasteiger partial charge >= 0.3 is 17.9 Å². The van der Waals surface area contributed by atoms with Crippen molar-refractivity contribution in [2.24, 2.45) is 11.1 Å². The van der Waals surface area contributed by atoms with Gasteiger partial charge in [0.25, 0.3) is 0 Å². The van der Waals surface area contributed by atoms with Crippen LogP contribution in [0, 0.1) is 10.8 Å². The fourth-order valence-corrected chi connectivity index (χ4v) is 4.44. The molecule has 2 aromatic carbocycles. The summed E-state index contributed by atoms with van der Waals surface area (Å²) in [6, 6.07) is 12.1. The summed E-state index contributed by atoms with van der Waals surface area (Å²) >= 11 is 0. The predicted octanol–water partition coefficient (Wildman–Crippen LogP) is 5.16. The van der Waals surface area contributed by atoms with Crippen molar-refractivity contribution in [2.75, 3.05) is 7.11 Å². The molecule has 1 heterocycles. The molecule has 268 valence electrons.